The van der Waals surface area contributed by atoms with Crippen molar-refractivity contribution in [3.05, 3.63) is 47.3 Å². The Hall–Kier alpha value is -2.89. The second-order valence-corrected chi connectivity index (χ2v) is 4.73. The quantitative estimate of drug-likeness (QED) is 0.828. The molecule has 2 N–H and O–H groups in total. The fourth-order valence-electron chi connectivity index (χ4n) is 2.44. The number of benzene rings is 1. The van der Waals surface area contributed by atoms with E-state index in [9.17, 15) is 9.59 Å². The number of carboxylic acid groups (broad SMARTS) is 1. The molecule has 1 amide bonds. The second-order valence-electron chi connectivity index (χ2n) is 4.73. The van der Waals surface area contributed by atoms with Gasteiger partial charge in [0.1, 0.15) is 6.61 Å². The first-order valence-corrected chi connectivity index (χ1v) is 6.31. The molecule has 1 aliphatic rings. The lowest BCUT2D eigenvalue weighted by Crippen LogP contribution is -2.07. The molecule has 0 radical (unpaired) electrons. The molecular weight excluding hydrogens is 272 g/mol. The van der Waals surface area contributed by atoms with Gasteiger partial charge in [-0.3, -0.25) is 10.3 Å². The van der Waals surface area contributed by atoms with Crippen LogP contribution >= 0.6 is 0 Å². The fourth-order valence-corrected chi connectivity index (χ4v) is 2.44. The van der Waals surface area contributed by atoms with Crippen molar-refractivity contribution >= 4 is 17.7 Å². The van der Waals surface area contributed by atoms with Gasteiger partial charge >= 0.3 is 12.1 Å². The minimum Gasteiger partial charge on any atom is -0.465 e. The van der Waals surface area contributed by atoms with Crippen LogP contribution in [0.5, 0.6) is 0 Å². The van der Waals surface area contributed by atoms with E-state index in [2.05, 4.69) is 10.3 Å². The second kappa shape index (κ2) is 4.90. The molecule has 0 atom stereocenters. The number of pyridine rings is 1. The van der Waals surface area contributed by atoms with Gasteiger partial charge in [-0.25, -0.2) is 9.59 Å². The third-order valence-corrected chi connectivity index (χ3v) is 3.47. The molecule has 3 rings (SSSR count). The van der Waals surface area contributed by atoms with E-state index in [4.69, 9.17) is 9.84 Å². The van der Waals surface area contributed by atoms with Crippen LogP contribution in [0.15, 0.2) is 30.6 Å². The molecule has 2 aromatic rings. The number of carbonyl (C=O) groups is 2. The van der Waals surface area contributed by atoms with Gasteiger partial charge in [0.15, 0.2) is 0 Å². The number of esters is 1. The molecule has 106 valence electrons. The Kier molecular flexibility index (Phi) is 3.06. The average molecular weight is 284 g/mol. The summed E-state index contributed by atoms with van der Waals surface area (Å²) in [4.78, 5) is 26.3. The molecule has 6 nitrogen and oxygen atoms in total. The Morgan fingerprint density at radius 3 is 2.86 bits per heavy atom. The van der Waals surface area contributed by atoms with Crippen molar-refractivity contribution in [3.63, 3.8) is 0 Å². The number of amides is 1. The largest absolute Gasteiger partial charge is 0.465 e. The van der Waals surface area contributed by atoms with E-state index in [0.717, 1.165) is 22.3 Å². The SMILES string of the molecule is Cc1c(-c2cncc(NC(=O)O)c2)ccc2c1COC2=O. The number of hydrogen-bond acceptors (Lipinski definition) is 4. The lowest BCUT2D eigenvalue weighted by molar-refractivity contribution is 0.0535. The van der Waals surface area contributed by atoms with Crippen LogP contribution in [-0.4, -0.2) is 22.2 Å². The van der Waals surface area contributed by atoms with Crippen LogP contribution in [0.3, 0.4) is 0 Å². The lowest BCUT2D eigenvalue weighted by atomic mass is 9.95. The summed E-state index contributed by atoms with van der Waals surface area (Å²) in [5, 5.41) is 11.0. The Bertz CT molecular complexity index is 755. The highest BCUT2D eigenvalue weighted by atomic mass is 16.5. The Labute approximate surface area is 120 Å². The molecule has 6 heteroatoms. The maximum Gasteiger partial charge on any atom is 0.409 e. The number of ether oxygens (including phenoxy) is 1. The van der Waals surface area contributed by atoms with Crippen molar-refractivity contribution < 1.29 is 19.4 Å². The summed E-state index contributed by atoms with van der Waals surface area (Å²) < 4.78 is 5.03. The molecule has 0 aliphatic carbocycles. The number of rotatable bonds is 2. The highest BCUT2D eigenvalue weighted by Crippen LogP contribution is 2.32. The highest BCUT2D eigenvalue weighted by Gasteiger charge is 2.24. The summed E-state index contributed by atoms with van der Waals surface area (Å²) in [5.41, 5.74) is 4.47. The number of cyclic esters (lactones) is 1. The van der Waals surface area contributed by atoms with Crippen LogP contribution in [0.1, 0.15) is 21.5 Å². The molecule has 0 saturated heterocycles. The molecule has 1 aromatic carbocycles. The lowest BCUT2D eigenvalue weighted by Gasteiger charge is -2.10. The number of nitrogens with zero attached hydrogens (tertiary/aromatic N) is 1. The van der Waals surface area contributed by atoms with Crippen molar-refractivity contribution in [1.82, 2.24) is 4.98 Å². The van der Waals surface area contributed by atoms with Crippen LogP contribution in [0.25, 0.3) is 11.1 Å². The highest BCUT2D eigenvalue weighted by molar-refractivity contribution is 5.95. The zero-order valence-corrected chi connectivity index (χ0v) is 11.2. The van der Waals surface area contributed by atoms with Crippen LogP contribution < -0.4 is 5.32 Å². The number of fused-ring (bicyclic) bond motifs is 1. The maximum atomic E-state index is 11.5. The Morgan fingerprint density at radius 1 is 1.33 bits per heavy atom. The van der Waals surface area contributed by atoms with Gasteiger partial charge in [-0.2, -0.15) is 0 Å². The van der Waals surface area contributed by atoms with Crippen molar-refractivity contribution in [2.45, 2.75) is 13.5 Å². The minimum absolute atomic E-state index is 0.272. The summed E-state index contributed by atoms with van der Waals surface area (Å²) >= 11 is 0. The third kappa shape index (κ3) is 2.31. The third-order valence-electron chi connectivity index (χ3n) is 3.47. The van der Waals surface area contributed by atoms with Gasteiger partial charge < -0.3 is 9.84 Å². The first kappa shape index (κ1) is 13.1. The molecule has 1 aliphatic heterocycles. The average Bonchev–Trinajstić information content (AvgIpc) is 2.81. The van der Waals surface area contributed by atoms with E-state index < -0.39 is 6.09 Å². The predicted octanol–water partition coefficient (Wildman–Crippen LogP) is 2.82. The van der Waals surface area contributed by atoms with E-state index in [0.29, 0.717) is 11.3 Å². The summed E-state index contributed by atoms with van der Waals surface area (Å²) in [6.45, 7) is 2.18. The number of nitrogens with one attached hydrogen (secondary N) is 1. The summed E-state index contributed by atoms with van der Waals surface area (Å²) in [6, 6.07) is 5.25. The molecule has 21 heavy (non-hydrogen) atoms. The number of carbonyl (C=O) groups excluding carboxylic acids is 1. The van der Waals surface area contributed by atoms with E-state index in [1.54, 1.807) is 18.3 Å². The summed E-state index contributed by atoms with van der Waals surface area (Å²) in [5.74, 6) is -0.306. The molecule has 0 spiro atoms. The summed E-state index contributed by atoms with van der Waals surface area (Å²) in [7, 11) is 0. The van der Waals surface area contributed by atoms with Gasteiger partial charge in [0.2, 0.25) is 0 Å². The Morgan fingerprint density at radius 2 is 2.10 bits per heavy atom. The van der Waals surface area contributed by atoms with Crippen molar-refractivity contribution in [2.75, 3.05) is 5.32 Å². The first-order valence-electron chi connectivity index (χ1n) is 6.31. The zero-order chi connectivity index (χ0) is 15.0. The normalized spacial score (nSPS) is 12.7. The van der Waals surface area contributed by atoms with Crippen LogP contribution in [0.4, 0.5) is 10.5 Å². The van der Waals surface area contributed by atoms with Gasteiger partial charge in [0.05, 0.1) is 17.4 Å². The number of hydrogen-bond donors (Lipinski definition) is 2. The van der Waals surface area contributed by atoms with Gasteiger partial charge in [-0.1, -0.05) is 6.07 Å². The van der Waals surface area contributed by atoms with Gasteiger partial charge in [0, 0.05) is 17.3 Å². The first-order chi connectivity index (χ1) is 10.1. The molecule has 1 aromatic heterocycles. The minimum atomic E-state index is -1.14. The Balaban J connectivity index is 2.05. The standard InChI is InChI=1S/C15H12N2O4/c1-8-11(2-3-12-13(8)7-21-14(12)18)9-4-10(6-16-5-9)17-15(19)20/h2-6,17H,7H2,1H3,(H,19,20). The molecule has 0 unspecified atom stereocenters. The molecule has 0 fully saturated rings. The molecule has 0 bridgehead atoms. The van der Waals surface area contributed by atoms with Crippen molar-refractivity contribution in [2.24, 2.45) is 0 Å². The molecule has 2 heterocycles. The van der Waals surface area contributed by atoms with Crippen molar-refractivity contribution in [3.8, 4) is 11.1 Å². The predicted molar refractivity (Wildman–Crippen MR) is 75.2 cm³/mol. The maximum absolute atomic E-state index is 11.5. The summed E-state index contributed by atoms with van der Waals surface area (Å²) in [6.07, 6.45) is 1.95. The van der Waals surface area contributed by atoms with E-state index >= 15 is 0 Å². The smallest absolute Gasteiger partial charge is 0.409 e. The zero-order valence-electron chi connectivity index (χ0n) is 11.2. The molecular formula is C15H12N2O4. The van der Waals surface area contributed by atoms with E-state index in [-0.39, 0.29) is 12.6 Å². The number of aromatic nitrogens is 1. The van der Waals surface area contributed by atoms with E-state index in [1.165, 1.54) is 6.20 Å². The van der Waals surface area contributed by atoms with E-state index in [1.807, 2.05) is 13.0 Å². The van der Waals surface area contributed by atoms with Crippen LogP contribution in [0, 0.1) is 6.92 Å². The fraction of sp³-hybridized carbons (Fsp3) is 0.133. The van der Waals surface area contributed by atoms with Crippen LogP contribution in [-0.2, 0) is 11.3 Å². The van der Waals surface area contributed by atoms with Gasteiger partial charge in [-0.15, -0.1) is 0 Å². The van der Waals surface area contributed by atoms with Gasteiger partial charge in [-0.05, 0) is 30.2 Å². The van der Waals surface area contributed by atoms with Crippen molar-refractivity contribution in [1.29, 1.82) is 0 Å². The van der Waals surface area contributed by atoms with Gasteiger partial charge in [0.25, 0.3) is 0 Å². The molecule has 0 saturated carbocycles. The topological polar surface area (TPSA) is 88.5 Å². The number of anilines is 1. The monoisotopic (exact) mass is 284 g/mol. The van der Waals surface area contributed by atoms with Crippen LogP contribution in [0.2, 0.25) is 0 Å².